The summed E-state index contributed by atoms with van der Waals surface area (Å²) in [5.74, 6) is 0.275. The number of hydrogen-bond donors (Lipinski definition) is 2. The quantitative estimate of drug-likeness (QED) is 0.708. The summed E-state index contributed by atoms with van der Waals surface area (Å²) in [6, 6.07) is -0.190. The van der Waals surface area contributed by atoms with Crippen LogP contribution in [0.4, 0.5) is 4.79 Å². The summed E-state index contributed by atoms with van der Waals surface area (Å²) in [6.07, 6.45) is 0. The second-order valence-corrected chi connectivity index (χ2v) is 4.03. The van der Waals surface area contributed by atoms with Crippen molar-refractivity contribution in [3.63, 3.8) is 0 Å². The van der Waals surface area contributed by atoms with Gasteiger partial charge in [0.15, 0.2) is 0 Å². The molecule has 0 bridgehead atoms. The van der Waals surface area contributed by atoms with Crippen LogP contribution >= 0.6 is 0 Å². The number of carbonyl (C=O) groups is 2. The number of amides is 3. The maximum absolute atomic E-state index is 11.5. The first-order chi connectivity index (χ1) is 7.51. The third kappa shape index (κ3) is 6.27. The smallest absolute Gasteiger partial charge is 0.317 e. The van der Waals surface area contributed by atoms with Crippen LogP contribution in [0.2, 0.25) is 0 Å². The molecule has 0 saturated heterocycles. The molecule has 0 heterocycles. The molecule has 0 rings (SSSR count). The lowest BCUT2D eigenvalue weighted by molar-refractivity contribution is -0.120. The highest BCUT2D eigenvalue weighted by Gasteiger charge is 2.10. The average Bonchev–Trinajstić information content (AvgIpc) is 2.25. The Morgan fingerprint density at radius 1 is 1.12 bits per heavy atom. The first kappa shape index (κ1) is 14.7. The summed E-state index contributed by atoms with van der Waals surface area (Å²) in [5, 5.41) is 5.32. The molecular formula is C11H23N3O2. The van der Waals surface area contributed by atoms with Crippen LogP contribution in [0, 0.1) is 5.92 Å². The van der Waals surface area contributed by atoms with Gasteiger partial charge in [-0.1, -0.05) is 13.8 Å². The number of carbonyl (C=O) groups excluding carboxylic acids is 2. The molecule has 94 valence electrons. The second kappa shape index (κ2) is 7.96. The minimum Gasteiger partial charge on any atom is -0.354 e. The Bertz CT molecular complexity index is 225. The molecule has 0 aliphatic rings. The van der Waals surface area contributed by atoms with E-state index in [1.54, 1.807) is 4.90 Å². The van der Waals surface area contributed by atoms with Crippen LogP contribution in [0.5, 0.6) is 0 Å². The van der Waals surface area contributed by atoms with Crippen molar-refractivity contribution in [2.24, 2.45) is 5.92 Å². The van der Waals surface area contributed by atoms with Gasteiger partial charge in [0.2, 0.25) is 5.91 Å². The molecule has 0 aromatic rings. The molecule has 0 aromatic heterocycles. The number of nitrogens with zero attached hydrogens (tertiary/aromatic N) is 1. The Morgan fingerprint density at radius 2 is 1.69 bits per heavy atom. The maximum atomic E-state index is 11.5. The van der Waals surface area contributed by atoms with E-state index in [2.05, 4.69) is 10.6 Å². The SMILES string of the molecule is CCN(CC)C(=O)NCC(=O)NCC(C)C. The van der Waals surface area contributed by atoms with Gasteiger partial charge in [-0.15, -0.1) is 0 Å². The lowest BCUT2D eigenvalue weighted by Crippen LogP contribution is -2.44. The van der Waals surface area contributed by atoms with Gasteiger partial charge in [-0.05, 0) is 19.8 Å². The molecule has 0 radical (unpaired) electrons. The molecular weight excluding hydrogens is 206 g/mol. The van der Waals surface area contributed by atoms with Crippen LogP contribution in [0.15, 0.2) is 0 Å². The zero-order valence-electron chi connectivity index (χ0n) is 10.7. The summed E-state index contributed by atoms with van der Waals surface area (Å²) in [5.41, 5.74) is 0. The maximum Gasteiger partial charge on any atom is 0.317 e. The number of rotatable bonds is 6. The van der Waals surface area contributed by atoms with Gasteiger partial charge in [0.25, 0.3) is 0 Å². The summed E-state index contributed by atoms with van der Waals surface area (Å²) in [6.45, 7) is 9.83. The highest BCUT2D eigenvalue weighted by Crippen LogP contribution is 1.88. The predicted molar refractivity (Wildman–Crippen MR) is 64.2 cm³/mol. The second-order valence-electron chi connectivity index (χ2n) is 4.03. The van der Waals surface area contributed by atoms with Crippen molar-refractivity contribution in [2.45, 2.75) is 27.7 Å². The van der Waals surface area contributed by atoms with Crippen LogP contribution < -0.4 is 10.6 Å². The molecule has 0 saturated carbocycles. The highest BCUT2D eigenvalue weighted by molar-refractivity contribution is 5.83. The van der Waals surface area contributed by atoms with E-state index in [4.69, 9.17) is 0 Å². The first-order valence-corrected chi connectivity index (χ1v) is 5.80. The zero-order chi connectivity index (χ0) is 12.6. The molecule has 0 aliphatic carbocycles. The largest absolute Gasteiger partial charge is 0.354 e. The van der Waals surface area contributed by atoms with Crippen molar-refractivity contribution in [1.82, 2.24) is 15.5 Å². The highest BCUT2D eigenvalue weighted by atomic mass is 16.2. The third-order valence-electron chi connectivity index (χ3n) is 2.16. The number of hydrogen-bond acceptors (Lipinski definition) is 2. The lowest BCUT2D eigenvalue weighted by Gasteiger charge is -2.19. The van der Waals surface area contributed by atoms with Gasteiger partial charge in [-0.2, -0.15) is 0 Å². The van der Waals surface area contributed by atoms with Crippen molar-refractivity contribution >= 4 is 11.9 Å². The van der Waals surface area contributed by atoms with Crippen LogP contribution in [-0.2, 0) is 4.79 Å². The standard InChI is InChI=1S/C11H23N3O2/c1-5-14(6-2)11(16)13-8-10(15)12-7-9(3)4/h9H,5-8H2,1-4H3,(H,12,15)(H,13,16). The third-order valence-corrected chi connectivity index (χ3v) is 2.16. The van der Waals surface area contributed by atoms with Gasteiger partial charge >= 0.3 is 6.03 Å². The Hall–Kier alpha value is -1.26. The van der Waals surface area contributed by atoms with Gasteiger partial charge < -0.3 is 15.5 Å². The summed E-state index contributed by atoms with van der Waals surface area (Å²) < 4.78 is 0. The predicted octanol–water partition coefficient (Wildman–Crippen LogP) is 0.810. The molecule has 0 aliphatic heterocycles. The average molecular weight is 229 g/mol. The fraction of sp³-hybridized carbons (Fsp3) is 0.818. The monoisotopic (exact) mass is 229 g/mol. The molecule has 5 heteroatoms. The van der Waals surface area contributed by atoms with Crippen LogP contribution in [0.3, 0.4) is 0 Å². The minimum atomic E-state index is -0.190. The topological polar surface area (TPSA) is 61.4 Å². The Morgan fingerprint density at radius 3 is 2.12 bits per heavy atom. The number of nitrogens with one attached hydrogen (secondary N) is 2. The fourth-order valence-corrected chi connectivity index (χ4v) is 1.16. The van der Waals surface area contributed by atoms with E-state index in [0.29, 0.717) is 25.6 Å². The van der Waals surface area contributed by atoms with Crippen molar-refractivity contribution in [1.29, 1.82) is 0 Å². The molecule has 2 N–H and O–H groups in total. The number of urea groups is 1. The van der Waals surface area contributed by atoms with E-state index >= 15 is 0 Å². The summed E-state index contributed by atoms with van der Waals surface area (Å²) in [7, 11) is 0. The normalized spacial score (nSPS) is 10.1. The zero-order valence-corrected chi connectivity index (χ0v) is 10.7. The van der Waals surface area contributed by atoms with E-state index in [9.17, 15) is 9.59 Å². The summed E-state index contributed by atoms with van der Waals surface area (Å²) in [4.78, 5) is 24.4. The first-order valence-electron chi connectivity index (χ1n) is 5.80. The Balaban J connectivity index is 3.78. The van der Waals surface area contributed by atoms with Crippen LogP contribution in [0.25, 0.3) is 0 Å². The molecule has 0 atom stereocenters. The Kier molecular flexibility index (Phi) is 7.33. The molecule has 3 amide bonds. The van der Waals surface area contributed by atoms with E-state index < -0.39 is 0 Å². The van der Waals surface area contributed by atoms with E-state index in [-0.39, 0.29) is 18.5 Å². The van der Waals surface area contributed by atoms with Crippen molar-refractivity contribution in [3.8, 4) is 0 Å². The van der Waals surface area contributed by atoms with E-state index in [1.165, 1.54) is 0 Å². The molecule has 0 unspecified atom stereocenters. The molecule has 0 fully saturated rings. The fourth-order valence-electron chi connectivity index (χ4n) is 1.16. The summed E-state index contributed by atoms with van der Waals surface area (Å²) >= 11 is 0. The molecule has 16 heavy (non-hydrogen) atoms. The van der Waals surface area contributed by atoms with Gasteiger partial charge in [-0.3, -0.25) is 4.79 Å². The van der Waals surface area contributed by atoms with E-state index in [0.717, 1.165) is 0 Å². The molecule has 0 spiro atoms. The van der Waals surface area contributed by atoms with Gasteiger partial charge in [0.1, 0.15) is 0 Å². The van der Waals surface area contributed by atoms with Crippen LogP contribution in [0.1, 0.15) is 27.7 Å². The van der Waals surface area contributed by atoms with Crippen LogP contribution in [-0.4, -0.2) is 43.0 Å². The van der Waals surface area contributed by atoms with Crippen molar-refractivity contribution in [2.75, 3.05) is 26.2 Å². The Labute approximate surface area is 97.6 Å². The van der Waals surface area contributed by atoms with E-state index in [1.807, 2.05) is 27.7 Å². The van der Waals surface area contributed by atoms with Gasteiger partial charge in [0, 0.05) is 19.6 Å². The lowest BCUT2D eigenvalue weighted by atomic mass is 10.2. The van der Waals surface area contributed by atoms with Gasteiger partial charge in [0.05, 0.1) is 6.54 Å². The molecule has 5 nitrogen and oxygen atoms in total. The minimum absolute atomic E-state index is 0.0437. The molecule has 0 aromatic carbocycles. The van der Waals surface area contributed by atoms with Crippen molar-refractivity contribution < 1.29 is 9.59 Å². The van der Waals surface area contributed by atoms with Crippen molar-refractivity contribution in [3.05, 3.63) is 0 Å². The van der Waals surface area contributed by atoms with Gasteiger partial charge in [-0.25, -0.2) is 4.79 Å².